The third kappa shape index (κ3) is 4.68. The number of aromatic hydroxyl groups is 1. The van der Waals surface area contributed by atoms with Gasteiger partial charge in [0.2, 0.25) is 5.78 Å². The lowest BCUT2D eigenvalue weighted by Gasteiger charge is -2.59. The number of unbranched alkanes of at least 4 members (excludes halogenated alkanes) is 2. The maximum Gasteiger partial charge on any atom is 0.209 e. The maximum atomic E-state index is 14.4. The first-order valence-electron chi connectivity index (χ1n) is 15.5. The predicted octanol–water partition coefficient (Wildman–Crippen LogP) is 6.16. The van der Waals surface area contributed by atoms with Crippen molar-refractivity contribution in [2.24, 2.45) is 22.7 Å². The fraction of sp³-hybridized carbons (Fsp3) is 0.600. The number of aliphatic hydroxyl groups excluding tert-OH is 2. The average molecular weight is 595 g/mol. The van der Waals surface area contributed by atoms with Crippen LogP contribution in [-0.2, 0) is 27.2 Å². The van der Waals surface area contributed by atoms with Crippen LogP contribution in [-0.4, -0.2) is 49.2 Å². The minimum atomic E-state index is -2.65. The zero-order valence-corrected chi connectivity index (χ0v) is 26.7. The van der Waals surface area contributed by atoms with Gasteiger partial charge < -0.3 is 20.4 Å². The summed E-state index contributed by atoms with van der Waals surface area (Å²) < 4.78 is 0. The number of hydrogen-bond acceptors (Lipinski definition) is 8. The summed E-state index contributed by atoms with van der Waals surface area (Å²) in [6, 6.07) is 1.80. The topological polar surface area (TPSA) is 149 Å². The van der Waals surface area contributed by atoms with Crippen molar-refractivity contribution in [3.05, 3.63) is 51.0 Å². The Hall–Kier alpha value is -3.26. The SMILES string of the molecule is CCCCCC(=O)Cc1cc(C(C)C)c2c(c1O)C(=O)C1=C(O)[C@@]3(O)C(=O)C(C(C)=O)=C(O)C(C(C)C)[C@@]3(C)C[C@@]1(C)C2. The van der Waals surface area contributed by atoms with Crippen LogP contribution in [0.15, 0.2) is 28.7 Å². The van der Waals surface area contributed by atoms with Crippen molar-refractivity contribution < 1.29 is 39.6 Å². The van der Waals surface area contributed by atoms with Crippen molar-refractivity contribution in [3.63, 3.8) is 0 Å². The Labute approximate surface area is 253 Å². The minimum absolute atomic E-state index is 0.0253. The average Bonchev–Trinajstić information content (AvgIpc) is 2.87. The Morgan fingerprint density at radius 2 is 1.67 bits per heavy atom. The van der Waals surface area contributed by atoms with Gasteiger partial charge in [-0.25, -0.2) is 0 Å². The van der Waals surface area contributed by atoms with Gasteiger partial charge in [-0.05, 0) is 49.1 Å². The fourth-order valence-electron chi connectivity index (χ4n) is 8.41. The third-order valence-electron chi connectivity index (χ3n) is 10.2. The number of benzene rings is 1. The molecule has 4 atom stereocenters. The molecule has 0 aliphatic heterocycles. The summed E-state index contributed by atoms with van der Waals surface area (Å²) >= 11 is 0. The van der Waals surface area contributed by atoms with Crippen molar-refractivity contribution in [2.45, 2.75) is 112 Å². The number of hydrogen-bond donors (Lipinski definition) is 4. The highest BCUT2D eigenvalue weighted by molar-refractivity contribution is 6.25. The Kier molecular flexibility index (Phi) is 8.37. The quantitative estimate of drug-likeness (QED) is 0.196. The molecule has 43 heavy (non-hydrogen) atoms. The van der Waals surface area contributed by atoms with Crippen LogP contribution in [0.1, 0.15) is 120 Å². The van der Waals surface area contributed by atoms with Crippen LogP contribution in [0.5, 0.6) is 5.75 Å². The van der Waals surface area contributed by atoms with Gasteiger partial charge in [0.1, 0.15) is 28.6 Å². The Bertz CT molecular complexity index is 1480. The fourth-order valence-corrected chi connectivity index (χ4v) is 8.41. The molecule has 0 bridgehead atoms. The number of phenolic OH excluding ortho intramolecular Hbond substituents is 1. The van der Waals surface area contributed by atoms with Crippen molar-refractivity contribution >= 4 is 23.1 Å². The predicted molar refractivity (Wildman–Crippen MR) is 162 cm³/mol. The smallest absolute Gasteiger partial charge is 0.209 e. The van der Waals surface area contributed by atoms with Crippen molar-refractivity contribution in [1.82, 2.24) is 0 Å². The van der Waals surface area contributed by atoms with Crippen LogP contribution in [0.3, 0.4) is 0 Å². The number of aliphatic hydroxyl groups is 3. The molecule has 0 heterocycles. The van der Waals surface area contributed by atoms with Gasteiger partial charge in [0.15, 0.2) is 17.2 Å². The Balaban J connectivity index is 1.97. The molecule has 1 aromatic rings. The second kappa shape index (κ2) is 11.0. The van der Waals surface area contributed by atoms with E-state index >= 15 is 0 Å². The first-order chi connectivity index (χ1) is 19.9. The van der Waals surface area contributed by atoms with Crippen molar-refractivity contribution in [3.8, 4) is 5.75 Å². The monoisotopic (exact) mass is 594 g/mol. The Morgan fingerprint density at radius 3 is 2.21 bits per heavy atom. The number of phenols is 1. The molecule has 0 fully saturated rings. The second-order valence-corrected chi connectivity index (χ2v) is 14.1. The van der Waals surface area contributed by atoms with Crippen LogP contribution in [0, 0.1) is 22.7 Å². The molecular formula is C35H46O8. The molecule has 3 aliphatic rings. The first-order valence-corrected chi connectivity index (χ1v) is 15.5. The normalized spacial score (nSPS) is 28.8. The molecule has 1 aromatic carbocycles. The van der Waals surface area contributed by atoms with E-state index in [-0.39, 0.29) is 53.8 Å². The molecule has 234 valence electrons. The summed E-state index contributed by atoms with van der Waals surface area (Å²) in [5, 5.41) is 46.8. The van der Waals surface area contributed by atoms with E-state index in [2.05, 4.69) is 0 Å². The lowest BCUT2D eigenvalue weighted by molar-refractivity contribution is -0.171. The third-order valence-corrected chi connectivity index (χ3v) is 10.2. The van der Waals surface area contributed by atoms with E-state index in [1.54, 1.807) is 33.8 Å². The van der Waals surface area contributed by atoms with Gasteiger partial charge >= 0.3 is 0 Å². The van der Waals surface area contributed by atoms with Gasteiger partial charge in [0, 0.05) is 40.7 Å². The molecular weight excluding hydrogens is 548 g/mol. The number of allylic oxidation sites excluding steroid dienone is 2. The highest BCUT2D eigenvalue weighted by Gasteiger charge is 2.71. The van der Waals surface area contributed by atoms with Crippen LogP contribution < -0.4 is 0 Å². The molecule has 4 rings (SSSR count). The number of fused-ring (bicyclic) bond motifs is 3. The van der Waals surface area contributed by atoms with Gasteiger partial charge in [-0.2, -0.15) is 0 Å². The highest BCUT2D eigenvalue weighted by atomic mass is 16.3. The van der Waals surface area contributed by atoms with Gasteiger partial charge in [0.05, 0.1) is 5.56 Å². The van der Waals surface area contributed by atoms with Crippen LogP contribution in [0.25, 0.3) is 0 Å². The van der Waals surface area contributed by atoms with E-state index in [1.165, 1.54) is 0 Å². The standard InChI is InChI=1S/C35H46O8/c1-9-10-11-12-21(37)13-20-14-22(17(2)3)23-15-33(7)16-34(8)26(18(4)5)29(39)24(19(6)36)31(41)35(34,43)32(42)27(33)30(40)25(23)28(20)38/h14,17-18,26,38-39,42-43H,9-13,15-16H2,1-8H3/t26?,33-,34-,35+/m1/s1. The zero-order chi connectivity index (χ0) is 32.4. The van der Waals surface area contributed by atoms with Crippen LogP contribution >= 0.6 is 0 Å². The second-order valence-electron chi connectivity index (χ2n) is 14.1. The zero-order valence-electron chi connectivity index (χ0n) is 26.7. The molecule has 0 spiro atoms. The van der Waals surface area contributed by atoms with E-state index in [1.807, 2.05) is 20.8 Å². The lowest BCUT2D eigenvalue weighted by atomic mass is 9.44. The highest BCUT2D eigenvalue weighted by Crippen LogP contribution is 2.65. The summed E-state index contributed by atoms with van der Waals surface area (Å²) in [6.45, 7) is 14.1. The molecule has 3 aliphatic carbocycles. The summed E-state index contributed by atoms with van der Waals surface area (Å²) in [6.07, 6.45) is 3.21. The van der Waals surface area contributed by atoms with E-state index in [0.29, 0.717) is 17.5 Å². The van der Waals surface area contributed by atoms with E-state index in [9.17, 15) is 39.6 Å². The minimum Gasteiger partial charge on any atom is -0.511 e. The number of rotatable bonds is 9. The molecule has 0 saturated carbocycles. The van der Waals surface area contributed by atoms with Crippen molar-refractivity contribution in [2.75, 3.05) is 0 Å². The van der Waals surface area contributed by atoms with Crippen LogP contribution in [0.2, 0.25) is 0 Å². The van der Waals surface area contributed by atoms with Gasteiger partial charge in [-0.1, -0.05) is 67.4 Å². The molecule has 1 unspecified atom stereocenters. The molecule has 8 heteroatoms. The van der Waals surface area contributed by atoms with E-state index < -0.39 is 56.8 Å². The lowest BCUT2D eigenvalue weighted by Crippen LogP contribution is -2.67. The van der Waals surface area contributed by atoms with Crippen molar-refractivity contribution in [1.29, 1.82) is 0 Å². The van der Waals surface area contributed by atoms with E-state index in [4.69, 9.17) is 0 Å². The van der Waals surface area contributed by atoms with E-state index in [0.717, 1.165) is 31.7 Å². The molecule has 8 nitrogen and oxygen atoms in total. The summed E-state index contributed by atoms with van der Waals surface area (Å²) in [5.41, 5.74) is -4.23. The van der Waals surface area contributed by atoms with Gasteiger partial charge in [0.25, 0.3) is 0 Å². The summed E-state index contributed by atoms with van der Waals surface area (Å²) in [7, 11) is 0. The van der Waals surface area contributed by atoms with Gasteiger partial charge in [-0.15, -0.1) is 0 Å². The number of Topliss-reactive ketones (excluding diaryl/α,β-unsaturated/α-hetero) is 4. The molecule has 0 amide bonds. The number of carbonyl (C=O) groups is 4. The largest absolute Gasteiger partial charge is 0.511 e. The molecule has 0 saturated heterocycles. The Morgan fingerprint density at radius 1 is 1.05 bits per heavy atom. The summed E-state index contributed by atoms with van der Waals surface area (Å²) in [4.78, 5) is 53.7. The number of ketones is 4. The molecule has 0 radical (unpaired) electrons. The summed E-state index contributed by atoms with van der Waals surface area (Å²) in [5.74, 6) is -5.48. The van der Waals surface area contributed by atoms with Gasteiger partial charge in [-0.3, -0.25) is 19.2 Å². The maximum absolute atomic E-state index is 14.4. The first kappa shape index (κ1) is 32.6. The van der Waals surface area contributed by atoms with Crippen LogP contribution in [0.4, 0.5) is 0 Å². The molecule has 0 aromatic heterocycles. The number of carbonyl (C=O) groups excluding carboxylic acids is 4. The molecule has 4 N–H and O–H groups in total.